The predicted molar refractivity (Wildman–Crippen MR) is 73.2 cm³/mol. The van der Waals surface area contributed by atoms with Gasteiger partial charge < -0.3 is 0 Å². The molecule has 5 heteroatoms. The molecule has 0 aromatic carbocycles. The average Bonchev–Trinajstić information content (AvgIpc) is 2.78. The van der Waals surface area contributed by atoms with Gasteiger partial charge in [-0.25, -0.2) is 0 Å². The second-order valence-corrected chi connectivity index (χ2v) is 4.50. The lowest BCUT2D eigenvalue weighted by molar-refractivity contribution is 0.103. The normalized spacial score (nSPS) is 11.0. The molecule has 4 nitrogen and oxygen atoms in total. The number of nitrogens with zero attached hydrogens (tertiary/aromatic N) is 3. The van der Waals surface area contributed by atoms with E-state index in [9.17, 15) is 4.79 Å². The first-order valence-corrected chi connectivity index (χ1v) is 6.35. The highest BCUT2D eigenvalue weighted by atomic mass is 79.9. The Morgan fingerprint density at radius 3 is 3.00 bits per heavy atom. The van der Waals surface area contributed by atoms with Crippen molar-refractivity contribution in [3.63, 3.8) is 0 Å². The van der Waals surface area contributed by atoms with Crippen LogP contribution in [0.2, 0.25) is 0 Å². The van der Waals surface area contributed by atoms with E-state index in [1.165, 1.54) is 6.08 Å². The summed E-state index contributed by atoms with van der Waals surface area (Å²) in [4.78, 5) is 16.1. The third-order valence-corrected chi connectivity index (χ3v) is 3.02. The van der Waals surface area contributed by atoms with Crippen LogP contribution < -0.4 is 0 Å². The topological polar surface area (TPSA) is 47.8 Å². The Balaban J connectivity index is 2.22. The zero-order chi connectivity index (χ0) is 13.0. The lowest BCUT2D eigenvalue weighted by atomic mass is 10.2. The quantitative estimate of drug-likeness (QED) is 0.644. The summed E-state index contributed by atoms with van der Waals surface area (Å²) in [6, 6.07) is 3.72. The van der Waals surface area contributed by atoms with E-state index >= 15 is 0 Å². The van der Waals surface area contributed by atoms with Gasteiger partial charge >= 0.3 is 0 Å². The first-order valence-electron chi connectivity index (χ1n) is 5.56. The third kappa shape index (κ3) is 2.73. The molecule has 2 aromatic heterocycles. The van der Waals surface area contributed by atoms with Crippen molar-refractivity contribution in [2.45, 2.75) is 13.5 Å². The molecule has 0 fully saturated rings. The Hall–Kier alpha value is -1.75. The summed E-state index contributed by atoms with van der Waals surface area (Å²) in [5.74, 6) is -0.0786. The van der Waals surface area contributed by atoms with Crippen molar-refractivity contribution in [2.75, 3.05) is 0 Å². The molecule has 2 heterocycles. The molecule has 0 saturated carbocycles. The van der Waals surface area contributed by atoms with Gasteiger partial charge in [-0.2, -0.15) is 5.10 Å². The zero-order valence-corrected chi connectivity index (χ0v) is 11.5. The number of carbonyl (C=O) groups excluding carboxylic acids is 1. The average molecular weight is 306 g/mol. The van der Waals surface area contributed by atoms with Crippen molar-refractivity contribution in [3.05, 3.63) is 52.5 Å². The van der Waals surface area contributed by atoms with Gasteiger partial charge in [0.2, 0.25) is 5.78 Å². The Morgan fingerprint density at radius 2 is 2.33 bits per heavy atom. The van der Waals surface area contributed by atoms with Crippen molar-refractivity contribution in [1.29, 1.82) is 0 Å². The maximum Gasteiger partial charge on any atom is 0.205 e. The van der Waals surface area contributed by atoms with E-state index in [4.69, 9.17) is 0 Å². The van der Waals surface area contributed by atoms with E-state index in [2.05, 4.69) is 26.0 Å². The first kappa shape index (κ1) is 12.7. The molecule has 0 spiro atoms. The summed E-state index contributed by atoms with van der Waals surface area (Å²) in [5, 5.41) is 4.11. The smallest absolute Gasteiger partial charge is 0.205 e. The molecular weight excluding hydrogens is 294 g/mol. The van der Waals surface area contributed by atoms with Crippen LogP contribution in [0.25, 0.3) is 6.08 Å². The number of rotatable bonds is 4. The fourth-order valence-electron chi connectivity index (χ4n) is 1.57. The maximum atomic E-state index is 12.1. The number of allylic oxidation sites excluding steroid dienone is 1. The summed E-state index contributed by atoms with van der Waals surface area (Å²) in [6.45, 7) is 2.61. The van der Waals surface area contributed by atoms with Crippen LogP contribution in [0.1, 0.15) is 23.0 Å². The molecule has 0 bridgehead atoms. The molecule has 2 aromatic rings. The summed E-state index contributed by atoms with van der Waals surface area (Å²) in [6.07, 6.45) is 8.31. The number of hydrogen-bond acceptors (Lipinski definition) is 3. The highest BCUT2D eigenvalue weighted by Gasteiger charge is 2.13. The van der Waals surface area contributed by atoms with Crippen LogP contribution in [-0.4, -0.2) is 20.5 Å². The van der Waals surface area contributed by atoms with Gasteiger partial charge in [0.15, 0.2) is 0 Å². The third-order valence-electron chi connectivity index (χ3n) is 2.44. The lowest BCUT2D eigenvalue weighted by Gasteiger charge is -2.01. The number of pyridine rings is 1. The zero-order valence-electron chi connectivity index (χ0n) is 9.88. The van der Waals surface area contributed by atoms with Gasteiger partial charge in [0.05, 0.1) is 10.7 Å². The highest BCUT2D eigenvalue weighted by molar-refractivity contribution is 9.10. The second kappa shape index (κ2) is 5.73. The second-order valence-electron chi connectivity index (χ2n) is 3.64. The lowest BCUT2D eigenvalue weighted by Crippen LogP contribution is -2.07. The largest absolute Gasteiger partial charge is 0.288 e. The highest BCUT2D eigenvalue weighted by Crippen LogP contribution is 2.17. The van der Waals surface area contributed by atoms with Gasteiger partial charge in [0.1, 0.15) is 5.69 Å². The number of aryl methyl sites for hydroxylation is 1. The van der Waals surface area contributed by atoms with E-state index in [1.54, 1.807) is 29.3 Å². The minimum absolute atomic E-state index is 0.0786. The van der Waals surface area contributed by atoms with Crippen LogP contribution in [0, 0.1) is 0 Å². The summed E-state index contributed by atoms with van der Waals surface area (Å²) >= 11 is 3.33. The fraction of sp³-hybridized carbons (Fsp3) is 0.154. The Kier molecular flexibility index (Phi) is 4.04. The molecule has 0 atom stereocenters. The number of hydrogen-bond donors (Lipinski definition) is 0. The molecule has 18 heavy (non-hydrogen) atoms. The van der Waals surface area contributed by atoms with Crippen LogP contribution in [0.4, 0.5) is 0 Å². The van der Waals surface area contributed by atoms with E-state index in [0.29, 0.717) is 16.7 Å². The summed E-state index contributed by atoms with van der Waals surface area (Å²) in [7, 11) is 0. The Labute approximate surface area is 113 Å². The first-order chi connectivity index (χ1) is 8.72. The monoisotopic (exact) mass is 305 g/mol. The number of aromatic nitrogens is 3. The van der Waals surface area contributed by atoms with E-state index in [-0.39, 0.29) is 5.78 Å². The van der Waals surface area contributed by atoms with Crippen molar-refractivity contribution < 1.29 is 4.79 Å². The molecule has 0 amide bonds. The van der Waals surface area contributed by atoms with Crippen LogP contribution in [0.15, 0.2) is 41.3 Å². The van der Waals surface area contributed by atoms with Crippen LogP contribution in [0.3, 0.4) is 0 Å². The van der Waals surface area contributed by atoms with Crippen molar-refractivity contribution in [2.24, 2.45) is 0 Å². The standard InChI is InChI=1S/C13H12BrN3O/c1-2-17-13(11(14)9-16-17)12(18)6-5-10-4-3-7-15-8-10/h3-9H,2H2,1H3/b6-5+. The van der Waals surface area contributed by atoms with Gasteiger partial charge in [0, 0.05) is 18.9 Å². The summed E-state index contributed by atoms with van der Waals surface area (Å²) in [5.41, 5.74) is 1.46. The van der Waals surface area contributed by atoms with Crippen molar-refractivity contribution in [1.82, 2.24) is 14.8 Å². The molecule has 0 N–H and O–H groups in total. The minimum atomic E-state index is -0.0786. The molecule has 2 rings (SSSR count). The predicted octanol–water partition coefficient (Wildman–Crippen LogP) is 2.96. The van der Waals surface area contributed by atoms with Gasteiger partial charge in [-0.3, -0.25) is 14.5 Å². The number of halogens is 1. The number of ketones is 1. The van der Waals surface area contributed by atoms with Gasteiger partial charge in [-0.15, -0.1) is 0 Å². The molecule has 0 aliphatic carbocycles. The molecule has 0 aliphatic heterocycles. The van der Waals surface area contributed by atoms with E-state index < -0.39 is 0 Å². The van der Waals surface area contributed by atoms with Crippen molar-refractivity contribution in [3.8, 4) is 0 Å². The Morgan fingerprint density at radius 1 is 1.50 bits per heavy atom. The SMILES string of the molecule is CCn1ncc(Br)c1C(=O)/C=C/c1cccnc1. The fourth-order valence-corrected chi connectivity index (χ4v) is 2.06. The molecular formula is C13H12BrN3O. The molecule has 0 radical (unpaired) electrons. The number of carbonyl (C=O) groups is 1. The van der Waals surface area contributed by atoms with E-state index in [1.807, 2.05) is 19.1 Å². The van der Waals surface area contributed by atoms with E-state index in [0.717, 1.165) is 5.56 Å². The van der Waals surface area contributed by atoms with Crippen molar-refractivity contribution >= 4 is 27.8 Å². The van der Waals surface area contributed by atoms with Gasteiger partial charge in [-0.1, -0.05) is 6.07 Å². The summed E-state index contributed by atoms with van der Waals surface area (Å²) < 4.78 is 2.38. The van der Waals surface area contributed by atoms with Crippen LogP contribution in [0.5, 0.6) is 0 Å². The molecule has 92 valence electrons. The molecule has 0 aliphatic rings. The van der Waals surface area contributed by atoms with Gasteiger partial charge in [-0.05, 0) is 46.6 Å². The van der Waals surface area contributed by atoms with Crippen LogP contribution in [-0.2, 0) is 6.54 Å². The molecule has 0 saturated heterocycles. The Bertz CT molecular complexity index is 575. The molecule has 0 unspecified atom stereocenters. The maximum absolute atomic E-state index is 12.1. The minimum Gasteiger partial charge on any atom is -0.288 e. The van der Waals surface area contributed by atoms with Gasteiger partial charge in [0.25, 0.3) is 0 Å². The van der Waals surface area contributed by atoms with Crippen LogP contribution >= 0.6 is 15.9 Å².